The second-order valence-electron chi connectivity index (χ2n) is 9.50. The van der Waals surface area contributed by atoms with Crippen molar-refractivity contribution in [2.45, 2.75) is 58.7 Å². The van der Waals surface area contributed by atoms with Crippen LogP contribution in [-0.4, -0.2) is 34.6 Å². The fraction of sp³-hybridized carbons (Fsp3) is 0.440. The van der Waals surface area contributed by atoms with Gasteiger partial charge in [0.25, 0.3) is 5.56 Å². The van der Waals surface area contributed by atoms with Crippen LogP contribution in [0.2, 0.25) is 0 Å². The van der Waals surface area contributed by atoms with Gasteiger partial charge in [-0.3, -0.25) is 13.9 Å². The lowest BCUT2D eigenvalue weighted by molar-refractivity contribution is 0.196. The molecule has 0 aliphatic heterocycles. The third kappa shape index (κ3) is 4.06. The van der Waals surface area contributed by atoms with Gasteiger partial charge in [0, 0.05) is 19.8 Å². The summed E-state index contributed by atoms with van der Waals surface area (Å²) in [7, 11) is 1.54. The minimum absolute atomic E-state index is 0.0849. The van der Waals surface area contributed by atoms with Crippen molar-refractivity contribution in [2.75, 3.05) is 0 Å². The first-order chi connectivity index (χ1) is 16.4. The van der Waals surface area contributed by atoms with E-state index >= 15 is 0 Å². The second kappa shape index (κ2) is 8.96. The highest BCUT2D eigenvalue weighted by Gasteiger charge is 2.25. The van der Waals surface area contributed by atoms with Crippen LogP contribution in [0.25, 0.3) is 16.6 Å². The van der Waals surface area contributed by atoms with Crippen molar-refractivity contribution in [2.24, 2.45) is 13.0 Å². The van der Waals surface area contributed by atoms with Crippen molar-refractivity contribution in [3.05, 3.63) is 69.5 Å². The molecule has 0 unspecified atom stereocenters. The molecule has 5 rings (SSSR count). The van der Waals surface area contributed by atoms with Crippen molar-refractivity contribution < 1.29 is 4.74 Å². The molecule has 1 aliphatic carbocycles. The van der Waals surface area contributed by atoms with Crippen LogP contribution in [0.15, 0.2) is 52.7 Å². The van der Waals surface area contributed by atoms with Crippen molar-refractivity contribution in [3.8, 4) is 11.6 Å². The topological polar surface area (TPSA) is 88.9 Å². The van der Waals surface area contributed by atoms with E-state index in [1.54, 1.807) is 22.6 Å². The molecule has 9 nitrogen and oxygen atoms in total. The average molecular weight is 463 g/mol. The Bertz CT molecular complexity index is 1400. The molecule has 0 spiro atoms. The highest BCUT2D eigenvalue weighted by Crippen LogP contribution is 2.31. The first-order valence-electron chi connectivity index (χ1n) is 11.9. The number of fused-ring (bicyclic) bond motifs is 1. The van der Waals surface area contributed by atoms with Gasteiger partial charge in [0.05, 0.1) is 17.7 Å². The van der Waals surface area contributed by atoms with E-state index in [4.69, 9.17) is 4.74 Å². The largest absolute Gasteiger partial charge is 0.475 e. The van der Waals surface area contributed by atoms with Crippen molar-refractivity contribution in [1.29, 1.82) is 0 Å². The molecule has 0 atom stereocenters. The molecule has 0 N–H and O–H groups in total. The standard InChI is InChI=1S/C25H30N6O3/c1-17(2)12-30-21-14-29(13-18-8-10-19(11-9-18)31-16-26-15-27-31)24(34-20-6-4-5-7-20)22(21)23(32)28(3)25(30)33/h8-11,14-17,20H,4-7,12-13H2,1-3H3. The van der Waals surface area contributed by atoms with Crippen LogP contribution in [0.3, 0.4) is 0 Å². The lowest BCUT2D eigenvalue weighted by Gasteiger charge is -2.16. The molecule has 3 aromatic heterocycles. The highest BCUT2D eigenvalue weighted by molar-refractivity contribution is 5.84. The fourth-order valence-corrected chi connectivity index (χ4v) is 4.71. The Labute approximate surface area is 197 Å². The molecule has 1 aliphatic rings. The molecule has 0 amide bonds. The predicted molar refractivity (Wildman–Crippen MR) is 130 cm³/mol. The van der Waals surface area contributed by atoms with E-state index in [0.29, 0.717) is 29.9 Å². The van der Waals surface area contributed by atoms with Gasteiger partial charge in [-0.15, -0.1) is 0 Å². The van der Waals surface area contributed by atoms with Gasteiger partial charge in [0.2, 0.25) is 5.88 Å². The number of rotatable bonds is 7. The Morgan fingerprint density at radius 1 is 1.12 bits per heavy atom. The highest BCUT2D eigenvalue weighted by atomic mass is 16.5. The Hall–Kier alpha value is -3.62. The minimum atomic E-state index is -0.312. The molecule has 3 heterocycles. The molecule has 1 fully saturated rings. The third-order valence-corrected chi connectivity index (χ3v) is 6.44. The van der Waals surface area contributed by atoms with Gasteiger partial charge >= 0.3 is 5.69 Å². The molecule has 1 aromatic carbocycles. The summed E-state index contributed by atoms with van der Waals surface area (Å²) in [5.41, 5.74) is 1.99. The summed E-state index contributed by atoms with van der Waals surface area (Å²) in [5.74, 6) is 0.811. The normalized spacial score (nSPS) is 14.5. The minimum Gasteiger partial charge on any atom is -0.475 e. The molecule has 34 heavy (non-hydrogen) atoms. The zero-order valence-corrected chi connectivity index (χ0v) is 19.8. The molecule has 1 saturated carbocycles. The molecule has 0 radical (unpaired) electrons. The van der Waals surface area contributed by atoms with Crippen molar-refractivity contribution >= 4 is 10.9 Å². The predicted octanol–water partition coefficient (Wildman–Crippen LogP) is 3.11. The molecule has 0 bridgehead atoms. The number of hydrogen-bond donors (Lipinski definition) is 0. The molecule has 9 heteroatoms. The fourth-order valence-electron chi connectivity index (χ4n) is 4.71. The molecular formula is C25H30N6O3. The number of hydrogen-bond acceptors (Lipinski definition) is 5. The number of benzene rings is 1. The van der Waals surface area contributed by atoms with Gasteiger partial charge in [-0.1, -0.05) is 26.0 Å². The number of ether oxygens (including phenoxy) is 1. The quantitative estimate of drug-likeness (QED) is 0.421. The van der Waals surface area contributed by atoms with Gasteiger partial charge in [0.15, 0.2) is 0 Å². The van der Waals surface area contributed by atoms with Gasteiger partial charge in [0.1, 0.15) is 24.1 Å². The molecular weight excluding hydrogens is 432 g/mol. The van der Waals surface area contributed by atoms with E-state index in [-0.39, 0.29) is 23.3 Å². The van der Waals surface area contributed by atoms with E-state index in [9.17, 15) is 9.59 Å². The van der Waals surface area contributed by atoms with Crippen LogP contribution in [0, 0.1) is 5.92 Å². The van der Waals surface area contributed by atoms with E-state index in [0.717, 1.165) is 36.9 Å². The van der Waals surface area contributed by atoms with Gasteiger partial charge in [-0.25, -0.2) is 14.5 Å². The van der Waals surface area contributed by atoms with E-state index < -0.39 is 0 Å². The average Bonchev–Trinajstić information content (AvgIpc) is 3.59. The maximum Gasteiger partial charge on any atom is 0.331 e. The number of nitrogens with zero attached hydrogens (tertiary/aromatic N) is 6. The monoisotopic (exact) mass is 462 g/mol. The van der Waals surface area contributed by atoms with Crippen LogP contribution in [-0.2, 0) is 20.1 Å². The summed E-state index contributed by atoms with van der Waals surface area (Å²) >= 11 is 0. The zero-order chi connectivity index (χ0) is 23.8. The summed E-state index contributed by atoms with van der Waals surface area (Å²) in [5, 5.41) is 4.65. The molecule has 178 valence electrons. The van der Waals surface area contributed by atoms with E-state index in [2.05, 4.69) is 23.9 Å². The molecule has 0 saturated heterocycles. The summed E-state index contributed by atoms with van der Waals surface area (Å²) in [6.45, 7) is 5.18. The van der Waals surface area contributed by atoms with E-state index in [1.165, 1.54) is 10.9 Å². The van der Waals surface area contributed by atoms with Gasteiger partial charge in [-0.05, 0) is 49.3 Å². The van der Waals surface area contributed by atoms with Gasteiger partial charge < -0.3 is 9.30 Å². The Balaban J connectivity index is 1.61. The zero-order valence-electron chi connectivity index (χ0n) is 19.8. The first kappa shape index (κ1) is 22.2. The SMILES string of the molecule is CC(C)Cn1c(=O)n(C)c(=O)c2c(OC3CCCC3)n(Cc3ccc(-n4cncn4)cc3)cc21. The summed E-state index contributed by atoms with van der Waals surface area (Å²) in [6, 6.07) is 8.03. The summed E-state index contributed by atoms with van der Waals surface area (Å²) in [4.78, 5) is 30.2. The summed E-state index contributed by atoms with van der Waals surface area (Å²) in [6.07, 6.45) is 9.36. The smallest absolute Gasteiger partial charge is 0.331 e. The van der Waals surface area contributed by atoms with E-state index in [1.807, 2.05) is 35.0 Å². The Morgan fingerprint density at radius 3 is 2.50 bits per heavy atom. The first-order valence-corrected chi connectivity index (χ1v) is 11.9. The molecule has 4 aromatic rings. The van der Waals surface area contributed by atoms with Crippen LogP contribution in [0.4, 0.5) is 0 Å². The Kier molecular flexibility index (Phi) is 5.85. The van der Waals surface area contributed by atoms with Crippen molar-refractivity contribution in [3.63, 3.8) is 0 Å². The van der Waals surface area contributed by atoms with Crippen molar-refractivity contribution in [1.82, 2.24) is 28.5 Å². The lowest BCUT2D eigenvalue weighted by Crippen LogP contribution is -2.38. The van der Waals surface area contributed by atoms with Gasteiger partial charge in [-0.2, -0.15) is 5.10 Å². The maximum atomic E-state index is 13.3. The summed E-state index contributed by atoms with van der Waals surface area (Å²) < 4.78 is 13.0. The van der Waals surface area contributed by atoms with Crippen LogP contribution in [0.5, 0.6) is 5.88 Å². The number of aromatic nitrogens is 6. The Morgan fingerprint density at radius 2 is 1.85 bits per heavy atom. The van der Waals surface area contributed by atoms with Crippen LogP contribution >= 0.6 is 0 Å². The second-order valence-corrected chi connectivity index (χ2v) is 9.50. The third-order valence-electron chi connectivity index (χ3n) is 6.44. The maximum absolute atomic E-state index is 13.3. The van der Waals surface area contributed by atoms with Crippen LogP contribution in [0.1, 0.15) is 45.1 Å². The van der Waals surface area contributed by atoms with Crippen LogP contribution < -0.4 is 16.0 Å². The lowest BCUT2D eigenvalue weighted by atomic mass is 10.2.